The van der Waals surface area contributed by atoms with E-state index >= 15 is 0 Å². The number of nitrogens with one attached hydrogen (secondary N) is 1. The Bertz CT molecular complexity index is 196. The molecule has 3 nitrogen and oxygen atoms in total. The van der Waals surface area contributed by atoms with E-state index < -0.39 is 0 Å². The van der Waals surface area contributed by atoms with Gasteiger partial charge in [-0.15, -0.1) is 11.8 Å². The number of thioether (sulfide) groups is 1. The Balaban J connectivity index is 1.88. The van der Waals surface area contributed by atoms with Crippen LogP contribution in [0.1, 0.15) is 25.7 Å². The van der Waals surface area contributed by atoms with Gasteiger partial charge in [0.15, 0.2) is 0 Å². The molecular weight excluding hydrogens is 196 g/mol. The highest BCUT2D eigenvalue weighted by Gasteiger charge is 2.27. The number of nitrogens with zero attached hydrogens (tertiary/aromatic N) is 1. The van der Waals surface area contributed by atoms with E-state index in [1.54, 1.807) is 0 Å². The van der Waals surface area contributed by atoms with Crippen LogP contribution in [0.2, 0.25) is 0 Å². The van der Waals surface area contributed by atoms with E-state index in [4.69, 9.17) is 0 Å². The average Bonchev–Trinajstić information content (AvgIpc) is 2.59. The van der Waals surface area contributed by atoms with Gasteiger partial charge in [-0.05, 0) is 12.8 Å². The van der Waals surface area contributed by atoms with Gasteiger partial charge in [-0.25, -0.2) is 0 Å². The SMILES string of the molecule is O=C(C1CSCN1)N1CCCCCC1. The molecule has 2 aliphatic rings. The molecule has 0 aromatic carbocycles. The first-order valence-corrected chi connectivity index (χ1v) is 6.63. The Hall–Kier alpha value is -0.220. The van der Waals surface area contributed by atoms with Crippen LogP contribution in [0.25, 0.3) is 0 Å². The molecule has 0 radical (unpaired) electrons. The first kappa shape index (κ1) is 10.3. The number of hydrogen-bond donors (Lipinski definition) is 1. The Kier molecular flexibility index (Phi) is 3.70. The molecule has 1 unspecified atom stereocenters. The van der Waals surface area contributed by atoms with Crippen molar-refractivity contribution in [3.05, 3.63) is 0 Å². The van der Waals surface area contributed by atoms with Crippen molar-refractivity contribution in [3.8, 4) is 0 Å². The molecule has 2 saturated heterocycles. The molecular formula is C10H18N2OS. The van der Waals surface area contributed by atoms with Crippen molar-refractivity contribution in [2.45, 2.75) is 31.7 Å². The normalized spacial score (nSPS) is 28.9. The van der Waals surface area contributed by atoms with Gasteiger partial charge >= 0.3 is 0 Å². The number of hydrogen-bond acceptors (Lipinski definition) is 3. The van der Waals surface area contributed by atoms with E-state index in [0.29, 0.717) is 5.91 Å². The van der Waals surface area contributed by atoms with E-state index in [-0.39, 0.29) is 6.04 Å². The highest BCUT2D eigenvalue weighted by molar-refractivity contribution is 7.99. The van der Waals surface area contributed by atoms with Gasteiger partial charge in [0.05, 0.1) is 6.04 Å². The average molecular weight is 214 g/mol. The summed E-state index contributed by atoms with van der Waals surface area (Å²) in [6, 6.07) is 0.0955. The van der Waals surface area contributed by atoms with Crippen molar-refractivity contribution >= 4 is 17.7 Å². The predicted octanol–water partition coefficient (Wildman–Crippen LogP) is 1.05. The molecule has 0 aromatic heterocycles. The summed E-state index contributed by atoms with van der Waals surface area (Å²) in [5.74, 6) is 2.22. The van der Waals surface area contributed by atoms with Crippen LogP contribution in [0.5, 0.6) is 0 Å². The molecule has 2 aliphatic heterocycles. The molecule has 1 amide bonds. The molecule has 14 heavy (non-hydrogen) atoms. The van der Waals surface area contributed by atoms with Gasteiger partial charge in [0, 0.05) is 24.7 Å². The molecule has 1 atom stereocenters. The summed E-state index contributed by atoms with van der Waals surface area (Å²) in [7, 11) is 0. The van der Waals surface area contributed by atoms with Crippen LogP contribution in [-0.4, -0.2) is 41.6 Å². The second kappa shape index (κ2) is 5.03. The smallest absolute Gasteiger partial charge is 0.240 e. The molecule has 1 N–H and O–H groups in total. The highest BCUT2D eigenvalue weighted by atomic mass is 32.2. The van der Waals surface area contributed by atoms with Gasteiger partial charge < -0.3 is 4.90 Å². The van der Waals surface area contributed by atoms with Crippen LogP contribution >= 0.6 is 11.8 Å². The lowest BCUT2D eigenvalue weighted by Gasteiger charge is -2.23. The van der Waals surface area contributed by atoms with E-state index in [9.17, 15) is 4.79 Å². The quantitative estimate of drug-likeness (QED) is 0.708. The molecule has 0 aromatic rings. The largest absolute Gasteiger partial charge is 0.341 e. The van der Waals surface area contributed by atoms with Crippen molar-refractivity contribution in [2.24, 2.45) is 0 Å². The lowest BCUT2D eigenvalue weighted by atomic mass is 10.2. The van der Waals surface area contributed by atoms with Gasteiger partial charge in [0.1, 0.15) is 0 Å². The topological polar surface area (TPSA) is 32.3 Å². The number of likely N-dealkylation sites (tertiary alicyclic amines) is 1. The van der Waals surface area contributed by atoms with Crippen LogP contribution in [0.15, 0.2) is 0 Å². The van der Waals surface area contributed by atoms with Gasteiger partial charge in [-0.2, -0.15) is 0 Å². The lowest BCUT2D eigenvalue weighted by molar-refractivity contribution is -0.132. The first-order valence-electron chi connectivity index (χ1n) is 5.48. The van der Waals surface area contributed by atoms with Gasteiger partial charge in [-0.1, -0.05) is 12.8 Å². The first-order chi connectivity index (χ1) is 6.88. The maximum atomic E-state index is 12.0. The molecule has 80 valence electrons. The third-order valence-corrected chi connectivity index (χ3v) is 3.87. The Morgan fingerprint density at radius 3 is 2.50 bits per heavy atom. The van der Waals surface area contributed by atoms with E-state index in [1.807, 2.05) is 11.8 Å². The summed E-state index contributed by atoms with van der Waals surface area (Å²) in [5.41, 5.74) is 0. The van der Waals surface area contributed by atoms with Gasteiger partial charge in [0.25, 0.3) is 0 Å². The second-order valence-electron chi connectivity index (χ2n) is 4.01. The molecule has 0 saturated carbocycles. The fourth-order valence-electron chi connectivity index (χ4n) is 2.07. The van der Waals surface area contributed by atoms with Gasteiger partial charge in [0.2, 0.25) is 5.91 Å². The number of amides is 1. The minimum atomic E-state index is 0.0955. The summed E-state index contributed by atoms with van der Waals surface area (Å²) in [5, 5.41) is 3.25. The Labute approximate surface area is 89.6 Å². The summed E-state index contributed by atoms with van der Waals surface area (Å²) >= 11 is 1.82. The zero-order chi connectivity index (χ0) is 9.80. The van der Waals surface area contributed by atoms with Crippen LogP contribution in [0.3, 0.4) is 0 Å². The van der Waals surface area contributed by atoms with Gasteiger partial charge in [-0.3, -0.25) is 10.1 Å². The Morgan fingerprint density at radius 1 is 1.21 bits per heavy atom. The molecule has 0 spiro atoms. The summed E-state index contributed by atoms with van der Waals surface area (Å²) in [6.07, 6.45) is 4.95. The van der Waals surface area contributed by atoms with Crippen LogP contribution < -0.4 is 5.32 Å². The standard InChI is InChI=1S/C10H18N2OS/c13-10(9-7-14-8-11-9)12-5-3-1-2-4-6-12/h9,11H,1-8H2. The number of rotatable bonds is 1. The Morgan fingerprint density at radius 2 is 1.93 bits per heavy atom. The number of carbonyl (C=O) groups is 1. The maximum Gasteiger partial charge on any atom is 0.240 e. The fraction of sp³-hybridized carbons (Fsp3) is 0.900. The molecule has 0 bridgehead atoms. The van der Waals surface area contributed by atoms with Crippen molar-refractivity contribution in [3.63, 3.8) is 0 Å². The van der Waals surface area contributed by atoms with E-state index in [0.717, 1.165) is 24.7 Å². The van der Waals surface area contributed by atoms with Crippen molar-refractivity contribution in [1.29, 1.82) is 0 Å². The third-order valence-electron chi connectivity index (χ3n) is 2.93. The summed E-state index contributed by atoms with van der Waals surface area (Å²) in [6.45, 7) is 1.95. The highest BCUT2D eigenvalue weighted by Crippen LogP contribution is 2.15. The molecule has 2 heterocycles. The summed E-state index contributed by atoms with van der Waals surface area (Å²) < 4.78 is 0. The fourth-order valence-corrected chi connectivity index (χ4v) is 3.00. The predicted molar refractivity (Wildman–Crippen MR) is 59.3 cm³/mol. The zero-order valence-corrected chi connectivity index (χ0v) is 9.31. The third kappa shape index (κ3) is 2.42. The molecule has 4 heteroatoms. The van der Waals surface area contributed by atoms with E-state index in [1.165, 1.54) is 25.7 Å². The maximum absolute atomic E-state index is 12.0. The molecule has 2 fully saturated rings. The van der Waals surface area contributed by atoms with E-state index in [2.05, 4.69) is 10.2 Å². The minimum Gasteiger partial charge on any atom is -0.341 e. The lowest BCUT2D eigenvalue weighted by Crippen LogP contribution is -2.45. The van der Waals surface area contributed by atoms with Crippen LogP contribution in [0.4, 0.5) is 0 Å². The van der Waals surface area contributed by atoms with Crippen molar-refractivity contribution in [1.82, 2.24) is 10.2 Å². The van der Waals surface area contributed by atoms with Crippen molar-refractivity contribution in [2.75, 3.05) is 24.7 Å². The van der Waals surface area contributed by atoms with Crippen LogP contribution in [-0.2, 0) is 4.79 Å². The monoisotopic (exact) mass is 214 g/mol. The van der Waals surface area contributed by atoms with Crippen molar-refractivity contribution < 1.29 is 4.79 Å². The minimum absolute atomic E-state index is 0.0955. The zero-order valence-electron chi connectivity index (χ0n) is 8.50. The van der Waals surface area contributed by atoms with Crippen LogP contribution in [0, 0.1) is 0 Å². The summed E-state index contributed by atoms with van der Waals surface area (Å²) in [4.78, 5) is 14.1. The number of carbonyl (C=O) groups excluding carboxylic acids is 1. The molecule has 2 rings (SSSR count). The second-order valence-corrected chi connectivity index (χ2v) is 5.04. The molecule has 0 aliphatic carbocycles.